The lowest BCUT2D eigenvalue weighted by Gasteiger charge is -2.18. The Morgan fingerprint density at radius 1 is 0.885 bits per heavy atom. The summed E-state index contributed by atoms with van der Waals surface area (Å²) in [4.78, 5) is 0.0538. The van der Waals surface area contributed by atoms with E-state index in [0.717, 1.165) is 17.7 Å². The zero-order chi connectivity index (χ0) is 18.6. The lowest BCUT2D eigenvalue weighted by Crippen LogP contribution is -2.26. The molecule has 0 N–H and O–H groups in total. The fourth-order valence-electron chi connectivity index (χ4n) is 2.46. The standard InChI is InChI=1S/C20H18FNO3S/c1-22(26(23,24)20-12-10-17(21)11-13-20)15-16-6-5-9-19(14-16)25-18-7-3-2-4-8-18/h2-14H,15H2,1H3. The molecule has 134 valence electrons. The number of halogens is 1. The molecule has 0 heterocycles. The molecule has 0 saturated carbocycles. The second-order valence-corrected chi connectivity index (χ2v) is 7.82. The summed E-state index contributed by atoms with van der Waals surface area (Å²) < 4.78 is 45.2. The van der Waals surface area contributed by atoms with E-state index in [9.17, 15) is 12.8 Å². The van der Waals surface area contributed by atoms with Gasteiger partial charge in [-0.1, -0.05) is 30.3 Å². The van der Waals surface area contributed by atoms with Crippen LogP contribution in [0, 0.1) is 5.82 Å². The third-order valence-electron chi connectivity index (χ3n) is 3.80. The molecule has 0 amide bonds. The molecule has 0 fully saturated rings. The highest BCUT2D eigenvalue weighted by Gasteiger charge is 2.21. The summed E-state index contributed by atoms with van der Waals surface area (Å²) in [5, 5.41) is 0. The van der Waals surface area contributed by atoms with Gasteiger partial charge in [0.2, 0.25) is 10.0 Å². The first-order valence-corrected chi connectivity index (χ1v) is 9.43. The van der Waals surface area contributed by atoms with Crippen LogP contribution < -0.4 is 4.74 Å². The maximum Gasteiger partial charge on any atom is 0.243 e. The highest BCUT2D eigenvalue weighted by Crippen LogP contribution is 2.23. The number of ether oxygens (including phenoxy) is 1. The monoisotopic (exact) mass is 371 g/mol. The minimum atomic E-state index is -3.70. The van der Waals surface area contributed by atoms with Crippen molar-refractivity contribution >= 4 is 10.0 Å². The SMILES string of the molecule is CN(Cc1cccc(Oc2ccccc2)c1)S(=O)(=O)c1ccc(F)cc1. The maximum atomic E-state index is 13.0. The molecular formula is C20H18FNO3S. The molecule has 3 rings (SSSR count). The number of rotatable bonds is 6. The van der Waals surface area contributed by atoms with Gasteiger partial charge in [0.1, 0.15) is 17.3 Å². The Morgan fingerprint density at radius 3 is 2.23 bits per heavy atom. The maximum absolute atomic E-state index is 13.0. The average Bonchev–Trinajstić information content (AvgIpc) is 2.63. The van der Waals surface area contributed by atoms with Gasteiger partial charge in [-0.3, -0.25) is 0 Å². The summed E-state index contributed by atoms with van der Waals surface area (Å²) in [6.45, 7) is 0.172. The number of nitrogens with zero attached hydrogens (tertiary/aromatic N) is 1. The molecule has 26 heavy (non-hydrogen) atoms. The molecule has 0 aliphatic carbocycles. The number of benzene rings is 3. The van der Waals surface area contributed by atoms with Crippen molar-refractivity contribution in [3.8, 4) is 11.5 Å². The predicted octanol–water partition coefficient (Wildman–Crippen LogP) is 4.44. The minimum absolute atomic E-state index is 0.0538. The Morgan fingerprint density at radius 2 is 1.54 bits per heavy atom. The van der Waals surface area contributed by atoms with Gasteiger partial charge in [-0.15, -0.1) is 0 Å². The van der Waals surface area contributed by atoms with Crippen molar-refractivity contribution in [2.75, 3.05) is 7.05 Å². The molecule has 0 aromatic heterocycles. The Hall–Kier alpha value is -2.70. The van der Waals surface area contributed by atoms with Gasteiger partial charge in [-0.2, -0.15) is 4.31 Å². The van der Waals surface area contributed by atoms with E-state index in [-0.39, 0.29) is 11.4 Å². The van der Waals surface area contributed by atoms with Crippen LogP contribution in [0.25, 0.3) is 0 Å². The zero-order valence-electron chi connectivity index (χ0n) is 14.2. The van der Waals surface area contributed by atoms with E-state index in [1.807, 2.05) is 48.5 Å². The van der Waals surface area contributed by atoms with Crippen LogP contribution in [-0.2, 0) is 16.6 Å². The van der Waals surface area contributed by atoms with Gasteiger partial charge in [0.05, 0.1) is 4.90 Å². The topological polar surface area (TPSA) is 46.6 Å². The molecule has 0 atom stereocenters. The fourth-order valence-corrected chi connectivity index (χ4v) is 3.62. The van der Waals surface area contributed by atoms with Gasteiger partial charge in [-0.05, 0) is 54.1 Å². The van der Waals surface area contributed by atoms with Crippen molar-refractivity contribution in [1.29, 1.82) is 0 Å². The molecule has 0 radical (unpaired) electrons. The van der Waals surface area contributed by atoms with Gasteiger partial charge in [0.15, 0.2) is 0 Å². The van der Waals surface area contributed by atoms with E-state index < -0.39 is 15.8 Å². The van der Waals surface area contributed by atoms with Gasteiger partial charge in [0.25, 0.3) is 0 Å². The van der Waals surface area contributed by atoms with E-state index in [1.54, 1.807) is 6.07 Å². The van der Waals surface area contributed by atoms with Gasteiger partial charge >= 0.3 is 0 Å². The Labute approximate surface area is 152 Å². The van der Waals surface area contributed by atoms with Gasteiger partial charge < -0.3 is 4.74 Å². The van der Waals surface area contributed by atoms with Crippen LogP contribution in [0.4, 0.5) is 4.39 Å². The third-order valence-corrected chi connectivity index (χ3v) is 5.62. The molecule has 4 nitrogen and oxygen atoms in total. The highest BCUT2D eigenvalue weighted by molar-refractivity contribution is 7.89. The van der Waals surface area contributed by atoms with Crippen molar-refractivity contribution in [3.63, 3.8) is 0 Å². The summed E-state index contributed by atoms with van der Waals surface area (Å²) in [5.41, 5.74) is 0.784. The minimum Gasteiger partial charge on any atom is -0.457 e. The molecule has 0 saturated heterocycles. The molecule has 0 aliphatic rings. The van der Waals surface area contributed by atoms with Gasteiger partial charge in [-0.25, -0.2) is 12.8 Å². The lowest BCUT2D eigenvalue weighted by molar-refractivity contribution is 0.460. The lowest BCUT2D eigenvalue weighted by atomic mass is 10.2. The van der Waals surface area contributed by atoms with Crippen molar-refractivity contribution < 1.29 is 17.5 Å². The Balaban J connectivity index is 1.76. The predicted molar refractivity (Wildman–Crippen MR) is 98.0 cm³/mol. The summed E-state index contributed by atoms with van der Waals surface area (Å²) >= 11 is 0. The molecule has 6 heteroatoms. The van der Waals surface area contributed by atoms with Crippen LogP contribution in [0.15, 0.2) is 83.8 Å². The largest absolute Gasteiger partial charge is 0.457 e. The van der Waals surface area contributed by atoms with Crippen LogP contribution in [0.5, 0.6) is 11.5 Å². The third kappa shape index (κ3) is 4.28. The summed E-state index contributed by atoms with van der Waals surface area (Å²) in [7, 11) is -2.21. The second kappa shape index (κ2) is 7.68. The van der Waals surface area contributed by atoms with E-state index in [0.29, 0.717) is 11.5 Å². The average molecular weight is 371 g/mol. The van der Waals surface area contributed by atoms with Crippen molar-refractivity contribution in [1.82, 2.24) is 4.31 Å². The van der Waals surface area contributed by atoms with E-state index in [2.05, 4.69) is 0 Å². The smallest absolute Gasteiger partial charge is 0.243 e. The Bertz CT molecular complexity index is 973. The molecule has 0 unspecified atom stereocenters. The van der Waals surface area contributed by atoms with Crippen LogP contribution in [0.1, 0.15) is 5.56 Å². The number of hydrogen-bond donors (Lipinski definition) is 0. The molecule has 0 aliphatic heterocycles. The van der Waals surface area contributed by atoms with Gasteiger partial charge in [0, 0.05) is 13.6 Å². The first-order valence-electron chi connectivity index (χ1n) is 7.99. The van der Waals surface area contributed by atoms with Crippen LogP contribution in [0.2, 0.25) is 0 Å². The molecule has 3 aromatic carbocycles. The van der Waals surface area contributed by atoms with Crippen molar-refractivity contribution in [3.05, 3.63) is 90.2 Å². The van der Waals surface area contributed by atoms with Crippen molar-refractivity contribution in [2.45, 2.75) is 11.4 Å². The summed E-state index contributed by atoms with van der Waals surface area (Å²) in [6.07, 6.45) is 0. The molecule has 3 aromatic rings. The summed E-state index contributed by atoms with van der Waals surface area (Å²) in [6, 6.07) is 21.4. The molecular weight excluding hydrogens is 353 g/mol. The number of hydrogen-bond acceptors (Lipinski definition) is 3. The van der Waals surface area contributed by atoms with E-state index in [1.165, 1.54) is 23.5 Å². The first-order chi connectivity index (χ1) is 12.4. The quantitative estimate of drug-likeness (QED) is 0.644. The number of sulfonamides is 1. The Kier molecular flexibility index (Phi) is 5.35. The first kappa shape index (κ1) is 18.1. The number of para-hydroxylation sites is 1. The van der Waals surface area contributed by atoms with E-state index >= 15 is 0 Å². The highest BCUT2D eigenvalue weighted by atomic mass is 32.2. The molecule has 0 bridgehead atoms. The van der Waals surface area contributed by atoms with Crippen LogP contribution >= 0.6 is 0 Å². The fraction of sp³-hybridized carbons (Fsp3) is 0.100. The normalized spacial score (nSPS) is 11.5. The van der Waals surface area contributed by atoms with E-state index in [4.69, 9.17) is 4.74 Å². The van der Waals surface area contributed by atoms with Crippen LogP contribution in [-0.4, -0.2) is 19.8 Å². The van der Waals surface area contributed by atoms with Crippen molar-refractivity contribution in [2.24, 2.45) is 0 Å². The van der Waals surface area contributed by atoms with Crippen LogP contribution in [0.3, 0.4) is 0 Å². The zero-order valence-corrected chi connectivity index (χ0v) is 15.0. The summed E-state index contributed by atoms with van der Waals surface area (Å²) in [5.74, 6) is 0.857. The second-order valence-electron chi connectivity index (χ2n) is 5.78. The molecule has 0 spiro atoms.